The van der Waals surface area contributed by atoms with E-state index in [1.807, 2.05) is 13.8 Å². The van der Waals surface area contributed by atoms with Gasteiger partial charge in [0, 0.05) is 6.42 Å². The van der Waals surface area contributed by atoms with Gasteiger partial charge in [-0.25, -0.2) is 5.43 Å². The Morgan fingerprint density at radius 1 is 1.64 bits per heavy atom. The van der Waals surface area contributed by atoms with Crippen LogP contribution in [0.1, 0.15) is 26.7 Å². The third-order valence-electron chi connectivity index (χ3n) is 0.960. The van der Waals surface area contributed by atoms with Crippen molar-refractivity contribution in [3.8, 4) is 0 Å². The predicted molar refractivity (Wildman–Crippen MR) is 43.2 cm³/mol. The summed E-state index contributed by atoms with van der Waals surface area (Å²) in [7, 11) is 0. The fourth-order valence-corrected chi connectivity index (χ4v) is 0.493. The summed E-state index contributed by atoms with van der Waals surface area (Å²) in [6, 6.07) is 0. The predicted octanol–water partition coefficient (Wildman–Crippen LogP) is 0.883. The molecule has 64 valence electrons. The van der Waals surface area contributed by atoms with Crippen LogP contribution in [0.3, 0.4) is 0 Å². The van der Waals surface area contributed by atoms with Gasteiger partial charge in [-0.15, -0.1) is 5.10 Å². The first-order valence-corrected chi connectivity index (χ1v) is 3.73. The van der Waals surface area contributed by atoms with Crippen LogP contribution in [-0.2, 0) is 9.53 Å². The Morgan fingerprint density at radius 2 is 2.36 bits per heavy atom. The molecule has 0 bridgehead atoms. The van der Waals surface area contributed by atoms with Gasteiger partial charge in [-0.1, -0.05) is 6.92 Å². The minimum absolute atomic E-state index is 0.0801. The lowest BCUT2D eigenvalue weighted by atomic mass is 10.3. The molecule has 0 aromatic heterocycles. The van der Waals surface area contributed by atoms with Gasteiger partial charge in [0.2, 0.25) is 5.91 Å². The molecular weight excluding hydrogens is 144 g/mol. The molecule has 0 unspecified atom stereocenters. The summed E-state index contributed by atoms with van der Waals surface area (Å²) in [5.74, 6) is -0.0801. The van der Waals surface area contributed by atoms with Gasteiger partial charge in [0.1, 0.15) is 0 Å². The maximum absolute atomic E-state index is 10.7. The van der Waals surface area contributed by atoms with Crippen LogP contribution in [0, 0.1) is 0 Å². The summed E-state index contributed by atoms with van der Waals surface area (Å²) in [4.78, 5) is 10.7. The van der Waals surface area contributed by atoms with Crippen molar-refractivity contribution in [1.82, 2.24) is 5.43 Å². The number of hydrogen-bond acceptors (Lipinski definition) is 3. The molecule has 0 aliphatic rings. The fourth-order valence-electron chi connectivity index (χ4n) is 0.493. The van der Waals surface area contributed by atoms with E-state index in [9.17, 15) is 4.79 Å². The Balaban J connectivity index is 3.29. The van der Waals surface area contributed by atoms with Gasteiger partial charge >= 0.3 is 0 Å². The molecule has 0 aromatic rings. The number of carbonyl (C=O) groups excluding carboxylic acids is 1. The number of rotatable bonds is 5. The number of nitrogens with zero attached hydrogens (tertiary/aromatic N) is 1. The lowest BCUT2D eigenvalue weighted by molar-refractivity contribution is -0.121. The van der Waals surface area contributed by atoms with Crippen LogP contribution in [0.2, 0.25) is 0 Å². The maximum Gasteiger partial charge on any atom is 0.240 e. The van der Waals surface area contributed by atoms with Gasteiger partial charge in [0.25, 0.3) is 0 Å². The number of hydrogen-bond donors (Lipinski definition) is 1. The van der Waals surface area contributed by atoms with Gasteiger partial charge in [0.05, 0.1) is 6.61 Å². The highest BCUT2D eigenvalue weighted by Crippen LogP contribution is 1.84. The molecule has 4 nitrogen and oxygen atoms in total. The molecule has 1 amide bonds. The van der Waals surface area contributed by atoms with E-state index in [-0.39, 0.29) is 5.91 Å². The summed E-state index contributed by atoms with van der Waals surface area (Å²) < 4.78 is 4.76. The van der Waals surface area contributed by atoms with E-state index in [4.69, 9.17) is 4.74 Å². The SMILES string of the molecule is CCCC(=O)N/N=C/OCC. The Kier molecular flexibility index (Phi) is 6.37. The Morgan fingerprint density at radius 3 is 2.91 bits per heavy atom. The lowest BCUT2D eigenvalue weighted by Crippen LogP contribution is -2.16. The average Bonchev–Trinajstić information content (AvgIpc) is 1.99. The second-order valence-corrected chi connectivity index (χ2v) is 1.97. The van der Waals surface area contributed by atoms with Crippen molar-refractivity contribution in [3.63, 3.8) is 0 Å². The van der Waals surface area contributed by atoms with Crippen molar-refractivity contribution in [2.24, 2.45) is 5.10 Å². The molecular formula is C7H14N2O2. The molecule has 0 saturated heterocycles. The number of carbonyl (C=O) groups is 1. The van der Waals surface area contributed by atoms with E-state index in [0.29, 0.717) is 13.0 Å². The lowest BCUT2D eigenvalue weighted by Gasteiger charge is -1.95. The van der Waals surface area contributed by atoms with Crippen molar-refractivity contribution in [2.75, 3.05) is 6.61 Å². The number of ether oxygens (including phenoxy) is 1. The standard InChI is InChI=1S/C7H14N2O2/c1-3-5-7(10)9-8-6-11-4-2/h6H,3-5H2,1-2H3,(H,9,10)/b8-6+. The third kappa shape index (κ3) is 6.83. The topological polar surface area (TPSA) is 50.7 Å². The highest BCUT2D eigenvalue weighted by atomic mass is 16.5. The highest BCUT2D eigenvalue weighted by Gasteiger charge is 1.93. The zero-order valence-electron chi connectivity index (χ0n) is 6.96. The maximum atomic E-state index is 10.7. The van der Waals surface area contributed by atoms with E-state index in [1.165, 1.54) is 6.40 Å². The van der Waals surface area contributed by atoms with Crippen molar-refractivity contribution in [1.29, 1.82) is 0 Å². The van der Waals surface area contributed by atoms with E-state index in [1.54, 1.807) is 0 Å². The van der Waals surface area contributed by atoms with E-state index in [0.717, 1.165) is 6.42 Å². The second-order valence-electron chi connectivity index (χ2n) is 1.97. The fraction of sp³-hybridized carbons (Fsp3) is 0.714. The van der Waals surface area contributed by atoms with E-state index in [2.05, 4.69) is 10.5 Å². The van der Waals surface area contributed by atoms with Crippen LogP contribution < -0.4 is 5.43 Å². The monoisotopic (exact) mass is 158 g/mol. The summed E-state index contributed by atoms with van der Waals surface area (Å²) in [6.45, 7) is 4.35. The molecule has 1 N–H and O–H groups in total. The van der Waals surface area contributed by atoms with Gasteiger partial charge < -0.3 is 4.74 Å². The quantitative estimate of drug-likeness (QED) is 0.367. The molecule has 0 aromatic carbocycles. The van der Waals surface area contributed by atoms with Crippen LogP contribution in [0.5, 0.6) is 0 Å². The number of nitrogens with one attached hydrogen (secondary N) is 1. The molecule has 0 aliphatic heterocycles. The first-order valence-electron chi connectivity index (χ1n) is 3.73. The van der Waals surface area contributed by atoms with Crippen LogP contribution >= 0.6 is 0 Å². The van der Waals surface area contributed by atoms with Gasteiger partial charge in [-0.2, -0.15) is 0 Å². The highest BCUT2D eigenvalue weighted by molar-refractivity contribution is 5.76. The normalized spacial score (nSPS) is 10.0. The molecule has 0 saturated carbocycles. The molecule has 0 radical (unpaired) electrons. The van der Waals surface area contributed by atoms with Gasteiger partial charge in [0.15, 0.2) is 6.40 Å². The summed E-state index contributed by atoms with van der Waals surface area (Å²) >= 11 is 0. The van der Waals surface area contributed by atoms with E-state index >= 15 is 0 Å². The molecule has 0 aliphatic carbocycles. The molecule has 0 fully saturated rings. The molecule has 0 atom stereocenters. The zero-order chi connectivity index (χ0) is 8.53. The zero-order valence-corrected chi connectivity index (χ0v) is 6.96. The van der Waals surface area contributed by atoms with Crippen LogP contribution in [0.15, 0.2) is 5.10 Å². The first kappa shape index (κ1) is 9.94. The minimum atomic E-state index is -0.0801. The Labute approximate surface area is 66.6 Å². The van der Waals surface area contributed by atoms with Crippen molar-refractivity contribution < 1.29 is 9.53 Å². The second kappa shape index (κ2) is 7.05. The summed E-state index contributed by atoms with van der Waals surface area (Å²) in [5, 5.41) is 3.53. The smallest absolute Gasteiger partial charge is 0.240 e. The summed E-state index contributed by atoms with van der Waals surface area (Å²) in [6.07, 6.45) is 2.56. The average molecular weight is 158 g/mol. The summed E-state index contributed by atoms with van der Waals surface area (Å²) in [5.41, 5.74) is 2.32. The largest absolute Gasteiger partial charge is 0.482 e. The van der Waals surface area contributed by atoms with Gasteiger partial charge in [-0.05, 0) is 13.3 Å². The Bertz CT molecular complexity index is 134. The third-order valence-corrected chi connectivity index (χ3v) is 0.960. The minimum Gasteiger partial charge on any atom is -0.482 e. The molecule has 4 heteroatoms. The van der Waals surface area contributed by atoms with Crippen molar-refractivity contribution >= 4 is 12.3 Å². The molecule has 0 spiro atoms. The first-order chi connectivity index (χ1) is 5.31. The Hall–Kier alpha value is -1.06. The molecule has 11 heavy (non-hydrogen) atoms. The van der Waals surface area contributed by atoms with Gasteiger partial charge in [-0.3, -0.25) is 4.79 Å². The molecule has 0 rings (SSSR count). The molecule has 0 heterocycles. The van der Waals surface area contributed by atoms with Crippen LogP contribution in [0.25, 0.3) is 0 Å². The van der Waals surface area contributed by atoms with Crippen molar-refractivity contribution in [2.45, 2.75) is 26.7 Å². The number of hydrazone groups is 1. The van der Waals surface area contributed by atoms with Crippen molar-refractivity contribution in [3.05, 3.63) is 0 Å². The van der Waals surface area contributed by atoms with E-state index < -0.39 is 0 Å². The number of amides is 1. The van der Waals surface area contributed by atoms with Crippen LogP contribution in [-0.4, -0.2) is 18.9 Å². The van der Waals surface area contributed by atoms with Crippen LogP contribution in [0.4, 0.5) is 0 Å².